The maximum atomic E-state index is 13.8. The standard InChI is InChI=1S/C25H35N3O4/c1-17-13-20-22(32-17)14-21-23(29)28(15-19-11-8-12-31-19)25(2,16-27(20)21)24(30)26-18-9-6-4-3-5-7-10-18/h13-14,18-19H,3-12,15-16H2,1-2H3,(H,26,30). The lowest BCUT2D eigenvalue weighted by Crippen LogP contribution is -2.66. The number of nitrogens with zero attached hydrogens (tertiary/aromatic N) is 2. The smallest absolute Gasteiger partial charge is 0.271 e. The number of carbonyl (C=O) groups is 2. The molecule has 2 atom stereocenters. The van der Waals surface area contributed by atoms with Gasteiger partial charge < -0.3 is 23.9 Å². The number of nitrogens with one attached hydrogen (secondary N) is 1. The van der Waals surface area contributed by atoms with E-state index in [-0.39, 0.29) is 24.0 Å². The first-order valence-corrected chi connectivity index (χ1v) is 12.3. The Hall–Kier alpha value is -2.28. The van der Waals surface area contributed by atoms with Crippen LogP contribution in [0.5, 0.6) is 0 Å². The summed E-state index contributed by atoms with van der Waals surface area (Å²) in [6.07, 6.45) is 10.00. The van der Waals surface area contributed by atoms with E-state index in [4.69, 9.17) is 9.15 Å². The molecule has 2 aromatic heterocycles. The third kappa shape index (κ3) is 3.85. The van der Waals surface area contributed by atoms with Gasteiger partial charge in [-0.2, -0.15) is 0 Å². The number of rotatable bonds is 4. The van der Waals surface area contributed by atoms with Crippen molar-refractivity contribution in [2.45, 2.75) is 95.9 Å². The Labute approximate surface area is 189 Å². The van der Waals surface area contributed by atoms with Crippen molar-refractivity contribution in [2.24, 2.45) is 0 Å². The third-order valence-corrected chi connectivity index (χ3v) is 7.58. The van der Waals surface area contributed by atoms with Crippen LogP contribution in [0.25, 0.3) is 11.1 Å². The predicted octanol–water partition coefficient (Wildman–Crippen LogP) is 4.17. The maximum Gasteiger partial charge on any atom is 0.271 e. The first kappa shape index (κ1) is 21.6. The molecule has 3 aliphatic rings. The van der Waals surface area contributed by atoms with Crippen LogP contribution in [-0.2, 0) is 16.1 Å². The fourth-order valence-corrected chi connectivity index (χ4v) is 5.68. The van der Waals surface area contributed by atoms with Gasteiger partial charge in [0.25, 0.3) is 5.91 Å². The molecule has 1 saturated heterocycles. The summed E-state index contributed by atoms with van der Waals surface area (Å²) in [5.74, 6) is 0.633. The molecule has 5 rings (SSSR count). The number of hydrogen-bond donors (Lipinski definition) is 1. The summed E-state index contributed by atoms with van der Waals surface area (Å²) < 4.78 is 13.6. The van der Waals surface area contributed by atoms with Crippen molar-refractivity contribution < 1.29 is 18.7 Å². The van der Waals surface area contributed by atoms with Crippen LogP contribution >= 0.6 is 0 Å². The second-order valence-corrected chi connectivity index (χ2v) is 10.1. The van der Waals surface area contributed by atoms with Crippen LogP contribution in [0.15, 0.2) is 16.5 Å². The molecule has 2 aromatic rings. The van der Waals surface area contributed by atoms with Gasteiger partial charge in [0.05, 0.1) is 18.2 Å². The molecule has 2 amide bonds. The van der Waals surface area contributed by atoms with Crippen LogP contribution in [-0.4, -0.2) is 52.1 Å². The van der Waals surface area contributed by atoms with Gasteiger partial charge >= 0.3 is 0 Å². The molecule has 32 heavy (non-hydrogen) atoms. The van der Waals surface area contributed by atoms with Gasteiger partial charge in [0, 0.05) is 31.3 Å². The lowest BCUT2D eigenvalue weighted by atomic mass is 9.91. The SMILES string of the molecule is Cc1cc2c(cc3n2CC(C)(C(=O)NC2CCCCCCC2)N(CC2CCCO2)C3=O)o1. The Balaban J connectivity index is 1.47. The zero-order valence-electron chi connectivity index (χ0n) is 19.3. The van der Waals surface area contributed by atoms with Crippen LogP contribution < -0.4 is 5.32 Å². The largest absolute Gasteiger partial charge is 0.460 e. The van der Waals surface area contributed by atoms with Gasteiger partial charge in [0.1, 0.15) is 17.0 Å². The molecule has 0 spiro atoms. The maximum absolute atomic E-state index is 13.8. The molecule has 4 heterocycles. The average Bonchev–Trinajstić information content (AvgIpc) is 3.44. The lowest BCUT2D eigenvalue weighted by molar-refractivity contribution is -0.134. The first-order chi connectivity index (χ1) is 15.5. The van der Waals surface area contributed by atoms with E-state index in [1.807, 2.05) is 30.5 Å². The molecule has 0 bridgehead atoms. The number of aromatic nitrogens is 1. The lowest BCUT2D eigenvalue weighted by Gasteiger charge is -2.45. The molecule has 0 radical (unpaired) electrons. The Bertz CT molecular complexity index is 994. The monoisotopic (exact) mass is 441 g/mol. The molecule has 1 saturated carbocycles. The summed E-state index contributed by atoms with van der Waals surface area (Å²) >= 11 is 0. The molecule has 1 aliphatic carbocycles. The van der Waals surface area contributed by atoms with E-state index in [2.05, 4.69) is 5.32 Å². The molecular formula is C25H35N3O4. The zero-order valence-corrected chi connectivity index (χ0v) is 19.3. The van der Waals surface area contributed by atoms with Crippen LogP contribution in [0, 0.1) is 6.92 Å². The highest BCUT2D eigenvalue weighted by Crippen LogP contribution is 2.35. The van der Waals surface area contributed by atoms with E-state index in [1.165, 1.54) is 19.3 Å². The Morgan fingerprint density at radius 1 is 1.12 bits per heavy atom. The van der Waals surface area contributed by atoms with Gasteiger partial charge in [0.15, 0.2) is 5.58 Å². The molecule has 7 nitrogen and oxygen atoms in total. The Morgan fingerprint density at radius 2 is 1.88 bits per heavy atom. The molecule has 2 aliphatic heterocycles. The van der Waals surface area contributed by atoms with E-state index >= 15 is 0 Å². The van der Waals surface area contributed by atoms with E-state index in [1.54, 1.807) is 4.90 Å². The zero-order chi connectivity index (χ0) is 22.3. The quantitative estimate of drug-likeness (QED) is 0.773. The molecule has 2 fully saturated rings. The highest BCUT2D eigenvalue weighted by atomic mass is 16.5. The minimum absolute atomic E-state index is 0.0146. The molecule has 7 heteroatoms. The van der Waals surface area contributed by atoms with Gasteiger partial charge in [-0.25, -0.2) is 0 Å². The second-order valence-electron chi connectivity index (χ2n) is 10.1. The van der Waals surface area contributed by atoms with E-state index in [0.717, 1.165) is 56.4 Å². The summed E-state index contributed by atoms with van der Waals surface area (Å²) in [4.78, 5) is 29.3. The summed E-state index contributed by atoms with van der Waals surface area (Å²) in [7, 11) is 0. The highest BCUT2D eigenvalue weighted by Gasteiger charge is 2.49. The molecule has 174 valence electrons. The summed E-state index contributed by atoms with van der Waals surface area (Å²) in [6, 6.07) is 3.95. The Kier molecular flexibility index (Phi) is 5.78. The van der Waals surface area contributed by atoms with Crippen molar-refractivity contribution >= 4 is 22.9 Å². The fraction of sp³-hybridized carbons (Fsp3) is 0.680. The number of fused-ring (bicyclic) bond motifs is 3. The van der Waals surface area contributed by atoms with Crippen LogP contribution in [0.1, 0.15) is 81.0 Å². The van der Waals surface area contributed by atoms with Crippen molar-refractivity contribution in [3.63, 3.8) is 0 Å². The third-order valence-electron chi connectivity index (χ3n) is 7.58. The number of carbonyl (C=O) groups excluding carboxylic acids is 2. The van der Waals surface area contributed by atoms with E-state index in [9.17, 15) is 9.59 Å². The number of aryl methyl sites for hydroxylation is 1. The molecule has 2 unspecified atom stereocenters. The Morgan fingerprint density at radius 3 is 2.59 bits per heavy atom. The number of ether oxygens (including phenoxy) is 1. The fourth-order valence-electron chi connectivity index (χ4n) is 5.68. The second kappa shape index (κ2) is 8.58. The van der Waals surface area contributed by atoms with Crippen molar-refractivity contribution in [1.82, 2.24) is 14.8 Å². The van der Waals surface area contributed by atoms with Gasteiger partial charge in [-0.05, 0) is 39.5 Å². The summed E-state index contributed by atoms with van der Waals surface area (Å²) in [5.41, 5.74) is 1.20. The normalized spacial score (nSPS) is 27.4. The topological polar surface area (TPSA) is 76.7 Å². The summed E-state index contributed by atoms with van der Waals surface area (Å²) in [6.45, 7) is 5.41. The van der Waals surface area contributed by atoms with Crippen molar-refractivity contribution in [3.8, 4) is 0 Å². The first-order valence-electron chi connectivity index (χ1n) is 12.3. The molecule has 0 aromatic carbocycles. The molecular weight excluding hydrogens is 406 g/mol. The van der Waals surface area contributed by atoms with Crippen LogP contribution in [0.2, 0.25) is 0 Å². The van der Waals surface area contributed by atoms with E-state index < -0.39 is 5.54 Å². The average molecular weight is 442 g/mol. The minimum Gasteiger partial charge on any atom is -0.460 e. The van der Waals surface area contributed by atoms with Gasteiger partial charge in [-0.1, -0.05) is 32.1 Å². The number of furan rings is 1. The van der Waals surface area contributed by atoms with Crippen LogP contribution in [0.4, 0.5) is 0 Å². The van der Waals surface area contributed by atoms with Crippen molar-refractivity contribution in [1.29, 1.82) is 0 Å². The van der Waals surface area contributed by atoms with Crippen LogP contribution in [0.3, 0.4) is 0 Å². The number of amides is 2. The minimum atomic E-state index is -0.977. The number of hydrogen-bond acceptors (Lipinski definition) is 4. The van der Waals surface area contributed by atoms with Gasteiger partial charge in [0.2, 0.25) is 5.91 Å². The van der Waals surface area contributed by atoms with Crippen molar-refractivity contribution in [2.75, 3.05) is 13.2 Å². The van der Waals surface area contributed by atoms with Gasteiger partial charge in [-0.3, -0.25) is 9.59 Å². The van der Waals surface area contributed by atoms with E-state index in [0.29, 0.717) is 24.4 Å². The highest BCUT2D eigenvalue weighted by molar-refractivity contribution is 6.03. The summed E-state index contributed by atoms with van der Waals surface area (Å²) in [5, 5.41) is 3.34. The van der Waals surface area contributed by atoms with Crippen molar-refractivity contribution in [3.05, 3.63) is 23.6 Å². The van der Waals surface area contributed by atoms with Gasteiger partial charge in [-0.15, -0.1) is 0 Å². The molecule has 1 N–H and O–H groups in total. The predicted molar refractivity (Wildman–Crippen MR) is 122 cm³/mol.